The highest BCUT2D eigenvalue weighted by Crippen LogP contribution is 2.16. The van der Waals surface area contributed by atoms with Crippen LogP contribution in [0.15, 0.2) is 42.5 Å². The summed E-state index contributed by atoms with van der Waals surface area (Å²) in [5.74, 6) is 0.151. The molecule has 0 aliphatic carbocycles. The maximum Gasteiger partial charge on any atom is 0.279 e. The number of carbonyl (C=O) groups excluding carboxylic acids is 2. The van der Waals surface area contributed by atoms with E-state index in [-0.39, 0.29) is 11.7 Å². The summed E-state index contributed by atoms with van der Waals surface area (Å²) in [6, 6.07) is 13.8. The van der Waals surface area contributed by atoms with Crippen LogP contribution in [0.2, 0.25) is 0 Å². The van der Waals surface area contributed by atoms with Crippen LogP contribution in [0.4, 0.5) is 11.4 Å². The van der Waals surface area contributed by atoms with Gasteiger partial charge in [0.15, 0.2) is 12.3 Å². The molecular formula is C22H28N3O2+. The van der Waals surface area contributed by atoms with Gasteiger partial charge in [0, 0.05) is 16.9 Å². The lowest BCUT2D eigenvalue weighted by Crippen LogP contribution is -3.15. The van der Waals surface area contributed by atoms with E-state index in [1.807, 2.05) is 42.5 Å². The van der Waals surface area contributed by atoms with Gasteiger partial charge in [0.1, 0.15) is 0 Å². The number of ketones is 1. The summed E-state index contributed by atoms with van der Waals surface area (Å²) in [5, 5.41) is 3.01. The summed E-state index contributed by atoms with van der Waals surface area (Å²) >= 11 is 0. The molecule has 1 saturated heterocycles. The molecule has 1 fully saturated rings. The van der Waals surface area contributed by atoms with Crippen molar-refractivity contribution in [3.63, 3.8) is 0 Å². The van der Waals surface area contributed by atoms with Crippen molar-refractivity contribution in [2.24, 2.45) is 0 Å². The first kappa shape index (κ1) is 19.1. The van der Waals surface area contributed by atoms with Crippen molar-refractivity contribution in [2.75, 3.05) is 42.9 Å². The van der Waals surface area contributed by atoms with E-state index in [2.05, 4.69) is 24.1 Å². The molecule has 5 nitrogen and oxygen atoms in total. The minimum Gasteiger partial charge on any atom is -0.360 e. The van der Waals surface area contributed by atoms with Gasteiger partial charge in [0.25, 0.3) is 5.91 Å². The smallest absolute Gasteiger partial charge is 0.279 e. The summed E-state index contributed by atoms with van der Waals surface area (Å²) in [6.07, 6.45) is 0. The summed E-state index contributed by atoms with van der Waals surface area (Å²) in [6.45, 7) is 9.86. The molecule has 0 unspecified atom stereocenters. The van der Waals surface area contributed by atoms with Gasteiger partial charge in [0.2, 0.25) is 0 Å². The number of hydrogen-bond donors (Lipinski definition) is 2. The molecule has 0 aromatic heterocycles. The predicted octanol–water partition coefficient (Wildman–Crippen LogP) is 1.85. The summed E-state index contributed by atoms with van der Waals surface area (Å²) < 4.78 is 0. The van der Waals surface area contributed by atoms with Gasteiger partial charge in [-0.15, -0.1) is 0 Å². The second-order valence-electron chi connectivity index (χ2n) is 7.36. The number of rotatable bonds is 5. The number of nitrogens with zero attached hydrogens (tertiary/aromatic N) is 1. The zero-order chi connectivity index (χ0) is 19.4. The largest absolute Gasteiger partial charge is 0.360 e. The average molecular weight is 366 g/mol. The van der Waals surface area contributed by atoms with Crippen LogP contribution in [-0.4, -0.2) is 44.4 Å². The van der Waals surface area contributed by atoms with Gasteiger partial charge in [-0.3, -0.25) is 9.59 Å². The fraction of sp³-hybridized carbons (Fsp3) is 0.364. The zero-order valence-corrected chi connectivity index (χ0v) is 16.3. The normalized spacial score (nSPS) is 14.9. The van der Waals surface area contributed by atoms with Gasteiger partial charge >= 0.3 is 0 Å². The molecule has 0 atom stereocenters. The lowest BCUT2D eigenvalue weighted by atomic mass is 10.1. The Kier molecular flexibility index (Phi) is 5.91. The molecule has 0 spiro atoms. The molecule has 0 bridgehead atoms. The molecule has 1 amide bonds. The first-order valence-corrected chi connectivity index (χ1v) is 9.49. The van der Waals surface area contributed by atoms with Crippen LogP contribution in [0.3, 0.4) is 0 Å². The van der Waals surface area contributed by atoms with E-state index in [1.165, 1.54) is 16.0 Å². The fourth-order valence-electron chi connectivity index (χ4n) is 3.42. The second-order valence-corrected chi connectivity index (χ2v) is 7.36. The third kappa shape index (κ3) is 4.95. The Morgan fingerprint density at radius 1 is 1.00 bits per heavy atom. The van der Waals surface area contributed by atoms with E-state index in [4.69, 9.17) is 0 Å². The maximum absolute atomic E-state index is 12.4. The van der Waals surface area contributed by atoms with Crippen LogP contribution in [-0.2, 0) is 4.79 Å². The van der Waals surface area contributed by atoms with Crippen molar-refractivity contribution in [1.82, 2.24) is 0 Å². The molecule has 0 saturated carbocycles. The Morgan fingerprint density at radius 3 is 2.26 bits per heavy atom. The Morgan fingerprint density at radius 2 is 1.67 bits per heavy atom. The van der Waals surface area contributed by atoms with Gasteiger partial charge in [-0.2, -0.15) is 0 Å². The summed E-state index contributed by atoms with van der Waals surface area (Å²) in [4.78, 5) is 27.4. The summed E-state index contributed by atoms with van der Waals surface area (Å²) in [7, 11) is 0. The van der Waals surface area contributed by atoms with E-state index in [1.54, 1.807) is 6.92 Å². The molecule has 5 heteroatoms. The van der Waals surface area contributed by atoms with Gasteiger partial charge in [0.05, 0.1) is 26.2 Å². The predicted molar refractivity (Wildman–Crippen MR) is 109 cm³/mol. The molecule has 27 heavy (non-hydrogen) atoms. The van der Waals surface area contributed by atoms with Crippen LogP contribution >= 0.6 is 0 Å². The van der Waals surface area contributed by atoms with Crippen LogP contribution in [0.25, 0.3) is 0 Å². The van der Waals surface area contributed by atoms with Gasteiger partial charge < -0.3 is 15.1 Å². The Bertz CT molecular complexity index is 822. The number of nitrogens with one attached hydrogen (secondary N) is 2. The highest BCUT2D eigenvalue weighted by molar-refractivity contribution is 5.94. The number of piperazine rings is 1. The minimum absolute atomic E-state index is 0.0625. The molecule has 0 radical (unpaired) electrons. The van der Waals surface area contributed by atoms with E-state index in [0.29, 0.717) is 6.54 Å². The summed E-state index contributed by atoms with van der Waals surface area (Å²) in [5.41, 5.74) is 5.16. The van der Waals surface area contributed by atoms with E-state index >= 15 is 0 Å². The minimum atomic E-state index is 0.0625. The number of quaternary nitrogens is 1. The van der Waals surface area contributed by atoms with Crippen LogP contribution in [0.1, 0.15) is 28.4 Å². The molecule has 2 aromatic carbocycles. The van der Waals surface area contributed by atoms with Crippen LogP contribution in [0.5, 0.6) is 0 Å². The first-order chi connectivity index (χ1) is 12.9. The third-order valence-corrected chi connectivity index (χ3v) is 5.31. The number of hydrogen-bond acceptors (Lipinski definition) is 3. The lowest BCUT2D eigenvalue weighted by Gasteiger charge is -2.33. The number of benzene rings is 2. The topological polar surface area (TPSA) is 53.9 Å². The van der Waals surface area contributed by atoms with Crippen LogP contribution in [0, 0.1) is 13.8 Å². The second kappa shape index (κ2) is 8.35. The van der Waals surface area contributed by atoms with Crippen LogP contribution < -0.4 is 15.1 Å². The van der Waals surface area contributed by atoms with Crippen molar-refractivity contribution in [2.45, 2.75) is 20.8 Å². The number of anilines is 2. The quantitative estimate of drug-likeness (QED) is 0.794. The SMILES string of the molecule is CC(=O)c1ccc(N2CC[NH+](CC(=O)Nc3ccc(C)c(C)c3)CC2)cc1. The van der Waals surface area contributed by atoms with E-state index < -0.39 is 0 Å². The molecule has 142 valence electrons. The fourth-order valence-corrected chi connectivity index (χ4v) is 3.42. The van der Waals surface area contributed by atoms with E-state index in [0.717, 1.165) is 43.1 Å². The first-order valence-electron chi connectivity index (χ1n) is 9.49. The highest BCUT2D eigenvalue weighted by Gasteiger charge is 2.22. The van der Waals surface area contributed by atoms with Crippen molar-refractivity contribution in [1.29, 1.82) is 0 Å². The maximum atomic E-state index is 12.4. The monoisotopic (exact) mass is 366 g/mol. The molecule has 3 rings (SSSR count). The number of Topliss-reactive ketones (excluding diaryl/α,β-unsaturated/α-hetero) is 1. The van der Waals surface area contributed by atoms with Crippen molar-refractivity contribution in [3.05, 3.63) is 59.2 Å². The van der Waals surface area contributed by atoms with Crippen molar-refractivity contribution >= 4 is 23.1 Å². The number of aryl methyl sites for hydroxylation is 2. The van der Waals surface area contributed by atoms with E-state index in [9.17, 15) is 9.59 Å². The molecule has 1 heterocycles. The van der Waals surface area contributed by atoms with Crippen molar-refractivity contribution in [3.8, 4) is 0 Å². The molecule has 1 aliphatic rings. The van der Waals surface area contributed by atoms with Crippen molar-refractivity contribution < 1.29 is 14.5 Å². The average Bonchev–Trinajstić information content (AvgIpc) is 2.65. The van der Waals surface area contributed by atoms with Gasteiger partial charge in [-0.05, 0) is 68.3 Å². The standard InChI is InChI=1S/C22H27N3O2/c1-16-4-7-20(14-17(16)2)23-22(27)15-24-10-12-25(13-11-24)21-8-5-19(6-9-21)18(3)26/h4-9,14H,10-13,15H2,1-3H3,(H,23,27)/p+1. The molecule has 1 aliphatic heterocycles. The Balaban J connectivity index is 1.49. The number of amides is 1. The molecule has 2 aromatic rings. The lowest BCUT2D eigenvalue weighted by molar-refractivity contribution is -0.892. The van der Waals surface area contributed by atoms with Gasteiger partial charge in [-0.25, -0.2) is 0 Å². The highest BCUT2D eigenvalue weighted by atomic mass is 16.2. The van der Waals surface area contributed by atoms with Gasteiger partial charge in [-0.1, -0.05) is 6.07 Å². The Labute approximate surface area is 161 Å². The number of carbonyl (C=O) groups is 2. The third-order valence-electron chi connectivity index (χ3n) is 5.31. The molecular weight excluding hydrogens is 338 g/mol. The Hall–Kier alpha value is -2.66. The zero-order valence-electron chi connectivity index (χ0n) is 16.3. The molecule has 2 N–H and O–H groups in total.